The highest BCUT2D eigenvalue weighted by molar-refractivity contribution is 6.30. The first-order chi connectivity index (χ1) is 12.5. The molecule has 0 aliphatic carbocycles. The number of urea groups is 1. The molecule has 1 aliphatic heterocycles. The molecule has 2 unspecified atom stereocenters. The lowest BCUT2D eigenvalue weighted by Gasteiger charge is -2.33. The number of nitrogens with zero attached hydrogens (tertiary/aromatic N) is 1. The van der Waals surface area contributed by atoms with Crippen molar-refractivity contribution < 1.29 is 4.79 Å². The van der Waals surface area contributed by atoms with Crippen molar-refractivity contribution in [3.8, 4) is 0 Å². The maximum Gasteiger partial charge on any atom is 0.319 e. The molecule has 0 radical (unpaired) electrons. The van der Waals surface area contributed by atoms with Crippen LogP contribution in [0.2, 0.25) is 5.02 Å². The molecule has 138 valence electrons. The van der Waals surface area contributed by atoms with Gasteiger partial charge >= 0.3 is 6.03 Å². The van der Waals surface area contributed by atoms with E-state index in [1.807, 2.05) is 6.92 Å². The summed E-state index contributed by atoms with van der Waals surface area (Å²) < 4.78 is 0. The predicted octanol–water partition coefficient (Wildman–Crippen LogP) is 5.46. The summed E-state index contributed by atoms with van der Waals surface area (Å²) in [5.41, 5.74) is 3.07. The molecular weight excluding hydrogens is 346 g/mol. The standard InChI is InChI=1S/C21H26ClN3O/c1-15-4-3-13-25(14-15)20-11-5-17(6-12-20)16(2)23-21(26)24-19-9-7-18(22)8-10-19/h5-12,15-16H,3-4,13-14H2,1-2H3,(H2,23,24,26). The fourth-order valence-corrected chi connectivity index (χ4v) is 3.50. The number of rotatable bonds is 4. The summed E-state index contributed by atoms with van der Waals surface area (Å²) in [6.45, 7) is 6.54. The molecule has 0 bridgehead atoms. The first-order valence-corrected chi connectivity index (χ1v) is 9.57. The topological polar surface area (TPSA) is 44.4 Å². The smallest absolute Gasteiger partial charge is 0.319 e. The fourth-order valence-electron chi connectivity index (χ4n) is 3.38. The molecule has 3 rings (SSSR count). The van der Waals surface area contributed by atoms with Crippen LogP contribution >= 0.6 is 11.6 Å². The number of amides is 2. The van der Waals surface area contributed by atoms with E-state index in [-0.39, 0.29) is 12.1 Å². The zero-order chi connectivity index (χ0) is 18.5. The summed E-state index contributed by atoms with van der Waals surface area (Å²) in [7, 11) is 0. The van der Waals surface area contributed by atoms with Crippen LogP contribution in [0.4, 0.5) is 16.2 Å². The Kier molecular flexibility index (Phi) is 6.04. The van der Waals surface area contributed by atoms with E-state index in [1.165, 1.54) is 18.5 Å². The van der Waals surface area contributed by atoms with Gasteiger partial charge in [0.1, 0.15) is 0 Å². The maximum atomic E-state index is 12.2. The van der Waals surface area contributed by atoms with Gasteiger partial charge in [0.2, 0.25) is 0 Å². The lowest BCUT2D eigenvalue weighted by molar-refractivity contribution is 0.249. The highest BCUT2D eigenvalue weighted by atomic mass is 35.5. The van der Waals surface area contributed by atoms with Crippen molar-refractivity contribution in [3.63, 3.8) is 0 Å². The van der Waals surface area contributed by atoms with Crippen LogP contribution in [0.25, 0.3) is 0 Å². The number of hydrogen-bond donors (Lipinski definition) is 2. The number of halogens is 1. The average Bonchev–Trinajstić information content (AvgIpc) is 2.64. The van der Waals surface area contributed by atoms with Gasteiger partial charge in [0.15, 0.2) is 0 Å². The number of nitrogens with one attached hydrogen (secondary N) is 2. The zero-order valence-corrected chi connectivity index (χ0v) is 16.1. The van der Waals surface area contributed by atoms with Crippen molar-refractivity contribution >= 4 is 29.0 Å². The van der Waals surface area contributed by atoms with Gasteiger partial charge in [-0.1, -0.05) is 30.7 Å². The number of piperidine rings is 1. The summed E-state index contributed by atoms with van der Waals surface area (Å²) in [5, 5.41) is 6.44. The molecule has 2 aromatic rings. The molecule has 0 spiro atoms. The monoisotopic (exact) mass is 371 g/mol. The SMILES string of the molecule is CC1CCCN(c2ccc(C(C)NC(=O)Nc3ccc(Cl)cc3)cc2)C1. The van der Waals surface area contributed by atoms with E-state index in [2.05, 4.69) is 46.7 Å². The number of benzene rings is 2. The molecule has 2 N–H and O–H groups in total. The minimum absolute atomic E-state index is 0.0726. The Morgan fingerprint density at radius 1 is 1.15 bits per heavy atom. The highest BCUT2D eigenvalue weighted by Crippen LogP contribution is 2.24. The fraction of sp³-hybridized carbons (Fsp3) is 0.381. The maximum absolute atomic E-state index is 12.2. The quantitative estimate of drug-likeness (QED) is 0.749. The van der Waals surface area contributed by atoms with Gasteiger partial charge in [-0.15, -0.1) is 0 Å². The van der Waals surface area contributed by atoms with Crippen molar-refractivity contribution in [2.45, 2.75) is 32.7 Å². The Balaban J connectivity index is 1.56. The van der Waals surface area contributed by atoms with Crippen LogP contribution in [0.1, 0.15) is 38.3 Å². The summed E-state index contributed by atoms with van der Waals surface area (Å²) in [6, 6.07) is 15.3. The zero-order valence-electron chi connectivity index (χ0n) is 15.3. The van der Waals surface area contributed by atoms with Crippen LogP contribution in [0.3, 0.4) is 0 Å². The molecule has 2 aromatic carbocycles. The summed E-state index contributed by atoms with van der Waals surface area (Å²) >= 11 is 5.86. The van der Waals surface area contributed by atoms with E-state index in [0.717, 1.165) is 24.6 Å². The van der Waals surface area contributed by atoms with E-state index >= 15 is 0 Å². The second kappa shape index (κ2) is 8.45. The molecule has 5 heteroatoms. The summed E-state index contributed by atoms with van der Waals surface area (Å²) in [6.07, 6.45) is 2.57. The number of anilines is 2. The van der Waals surface area contributed by atoms with Crippen LogP contribution in [-0.4, -0.2) is 19.1 Å². The molecule has 1 heterocycles. The normalized spacial score (nSPS) is 18.3. The molecular formula is C21H26ClN3O. The molecule has 1 fully saturated rings. The van der Waals surface area contributed by atoms with Gasteiger partial charge in [0, 0.05) is 29.5 Å². The highest BCUT2D eigenvalue weighted by Gasteiger charge is 2.17. The van der Waals surface area contributed by atoms with Gasteiger partial charge in [0.25, 0.3) is 0 Å². The Morgan fingerprint density at radius 3 is 2.50 bits per heavy atom. The third-order valence-corrected chi connectivity index (χ3v) is 5.12. The van der Waals surface area contributed by atoms with Gasteiger partial charge in [-0.05, 0) is 67.6 Å². The lowest BCUT2D eigenvalue weighted by Crippen LogP contribution is -2.34. The van der Waals surface area contributed by atoms with Crippen LogP contribution < -0.4 is 15.5 Å². The van der Waals surface area contributed by atoms with Crippen molar-refractivity contribution in [2.75, 3.05) is 23.3 Å². The molecule has 1 saturated heterocycles. The Hall–Kier alpha value is -2.20. The van der Waals surface area contributed by atoms with Gasteiger partial charge in [-0.25, -0.2) is 4.79 Å². The molecule has 2 atom stereocenters. The largest absolute Gasteiger partial charge is 0.371 e. The number of carbonyl (C=O) groups excluding carboxylic acids is 1. The van der Waals surface area contributed by atoms with E-state index in [0.29, 0.717) is 10.7 Å². The van der Waals surface area contributed by atoms with E-state index in [9.17, 15) is 4.79 Å². The third-order valence-electron chi connectivity index (χ3n) is 4.86. The van der Waals surface area contributed by atoms with Gasteiger partial charge in [-0.2, -0.15) is 0 Å². The van der Waals surface area contributed by atoms with Crippen LogP contribution in [0.5, 0.6) is 0 Å². The van der Waals surface area contributed by atoms with Gasteiger partial charge < -0.3 is 15.5 Å². The minimum Gasteiger partial charge on any atom is -0.371 e. The number of carbonyl (C=O) groups is 1. The van der Waals surface area contributed by atoms with Gasteiger partial charge in [-0.3, -0.25) is 0 Å². The molecule has 2 amide bonds. The van der Waals surface area contributed by atoms with Crippen LogP contribution in [0, 0.1) is 5.92 Å². The van der Waals surface area contributed by atoms with Crippen molar-refractivity contribution in [1.29, 1.82) is 0 Å². The third kappa shape index (κ3) is 4.92. The second-order valence-corrected chi connectivity index (χ2v) is 7.55. The molecule has 26 heavy (non-hydrogen) atoms. The van der Waals surface area contributed by atoms with Crippen molar-refractivity contribution in [2.24, 2.45) is 5.92 Å². The summed E-state index contributed by atoms with van der Waals surface area (Å²) in [5.74, 6) is 0.751. The molecule has 0 saturated carbocycles. The molecule has 4 nitrogen and oxygen atoms in total. The molecule has 1 aliphatic rings. The molecule has 0 aromatic heterocycles. The summed E-state index contributed by atoms with van der Waals surface area (Å²) in [4.78, 5) is 14.6. The number of hydrogen-bond acceptors (Lipinski definition) is 2. The first kappa shape index (κ1) is 18.6. The van der Waals surface area contributed by atoms with Gasteiger partial charge in [0.05, 0.1) is 6.04 Å². The van der Waals surface area contributed by atoms with E-state index in [1.54, 1.807) is 24.3 Å². The van der Waals surface area contributed by atoms with Crippen LogP contribution in [-0.2, 0) is 0 Å². The second-order valence-electron chi connectivity index (χ2n) is 7.11. The van der Waals surface area contributed by atoms with E-state index in [4.69, 9.17) is 11.6 Å². The average molecular weight is 372 g/mol. The lowest BCUT2D eigenvalue weighted by atomic mass is 9.99. The van der Waals surface area contributed by atoms with Crippen LogP contribution in [0.15, 0.2) is 48.5 Å². The van der Waals surface area contributed by atoms with E-state index < -0.39 is 0 Å². The van der Waals surface area contributed by atoms with Crippen molar-refractivity contribution in [3.05, 3.63) is 59.1 Å². The Morgan fingerprint density at radius 2 is 1.85 bits per heavy atom. The minimum atomic E-state index is -0.228. The Labute approximate surface area is 160 Å². The Bertz CT molecular complexity index is 730. The van der Waals surface area contributed by atoms with Crippen molar-refractivity contribution in [1.82, 2.24) is 5.32 Å². The predicted molar refractivity (Wildman–Crippen MR) is 109 cm³/mol. The first-order valence-electron chi connectivity index (χ1n) is 9.19.